The highest BCUT2D eigenvalue weighted by Gasteiger charge is 2.01. The zero-order valence-electron chi connectivity index (χ0n) is 8.75. The number of benzene rings is 1. The number of methoxy groups -OCH3 is 1. The van der Waals surface area contributed by atoms with E-state index >= 15 is 0 Å². The summed E-state index contributed by atoms with van der Waals surface area (Å²) in [4.78, 5) is 18.6. The van der Waals surface area contributed by atoms with Gasteiger partial charge in [0, 0.05) is 17.3 Å². The highest BCUT2D eigenvalue weighted by atomic mass is 16.5. The smallest absolute Gasteiger partial charge is 0.316 e. The van der Waals surface area contributed by atoms with Gasteiger partial charge in [-0.1, -0.05) is 24.3 Å². The fraction of sp³-hybridized carbons (Fsp3) is 0.0833. The van der Waals surface area contributed by atoms with Crippen molar-refractivity contribution in [3.63, 3.8) is 0 Å². The van der Waals surface area contributed by atoms with Crippen LogP contribution in [-0.2, 0) is 0 Å². The number of nitrogens with zero attached hydrogens (tertiary/aromatic N) is 2. The maximum Gasteiger partial charge on any atom is 0.316 e. The fourth-order valence-corrected chi connectivity index (χ4v) is 1.33. The van der Waals surface area contributed by atoms with Crippen LogP contribution in [0.5, 0.6) is 6.01 Å². The first kappa shape index (κ1) is 10.3. The average Bonchev–Trinajstić information content (AvgIpc) is 2.39. The monoisotopic (exact) mass is 214 g/mol. The van der Waals surface area contributed by atoms with Gasteiger partial charge in [-0.2, -0.15) is 4.98 Å². The maximum atomic E-state index is 10.5. The summed E-state index contributed by atoms with van der Waals surface area (Å²) in [6.45, 7) is 0. The van der Waals surface area contributed by atoms with Gasteiger partial charge in [0.15, 0.2) is 0 Å². The van der Waals surface area contributed by atoms with Crippen molar-refractivity contribution >= 4 is 6.29 Å². The zero-order valence-corrected chi connectivity index (χ0v) is 8.75. The Morgan fingerprint density at radius 3 is 2.56 bits per heavy atom. The van der Waals surface area contributed by atoms with Crippen LogP contribution in [0.1, 0.15) is 10.4 Å². The van der Waals surface area contributed by atoms with Crippen LogP contribution in [0.2, 0.25) is 0 Å². The summed E-state index contributed by atoms with van der Waals surface area (Å²) in [7, 11) is 1.52. The van der Waals surface area contributed by atoms with Crippen LogP contribution in [0.3, 0.4) is 0 Å². The van der Waals surface area contributed by atoms with Crippen LogP contribution < -0.4 is 4.74 Å². The molecule has 80 valence electrons. The summed E-state index contributed by atoms with van der Waals surface area (Å²) in [6.07, 6.45) is 2.44. The molecule has 0 spiro atoms. The van der Waals surface area contributed by atoms with Gasteiger partial charge in [0.2, 0.25) is 0 Å². The van der Waals surface area contributed by atoms with Gasteiger partial charge in [0.05, 0.1) is 12.8 Å². The van der Waals surface area contributed by atoms with E-state index in [-0.39, 0.29) is 0 Å². The Bertz CT molecular complexity index is 495. The lowest BCUT2D eigenvalue weighted by atomic mass is 10.1. The fourth-order valence-electron chi connectivity index (χ4n) is 1.33. The van der Waals surface area contributed by atoms with Gasteiger partial charge in [0.25, 0.3) is 0 Å². The van der Waals surface area contributed by atoms with Crippen molar-refractivity contribution in [3.8, 4) is 17.3 Å². The van der Waals surface area contributed by atoms with Gasteiger partial charge in [-0.3, -0.25) is 4.79 Å². The topological polar surface area (TPSA) is 52.1 Å². The first-order chi connectivity index (χ1) is 7.83. The number of hydrogen-bond donors (Lipinski definition) is 0. The number of aldehydes is 1. The Morgan fingerprint density at radius 2 is 1.94 bits per heavy atom. The molecule has 0 bridgehead atoms. The lowest BCUT2D eigenvalue weighted by Gasteiger charge is -2.02. The van der Waals surface area contributed by atoms with Crippen molar-refractivity contribution in [1.29, 1.82) is 0 Å². The predicted octanol–water partition coefficient (Wildman–Crippen LogP) is 1.96. The summed E-state index contributed by atoms with van der Waals surface area (Å²) in [5, 5.41) is 0. The van der Waals surface area contributed by atoms with Crippen LogP contribution >= 0.6 is 0 Å². The summed E-state index contributed by atoms with van der Waals surface area (Å²) < 4.78 is 4.94. The molecule has 0 unspecified atom stereocenters. The van der Waals surface area contributed by atoms with Crippen LogP contribution in [0.25, 0.3) is 11.3 Å². The Kier molecular flexibility index (Phi) is 2.91. The Hall–Kier alpha value is -2.23. The quantitative estimate of drug-likeness (QED) is 0.733. The standard InChI is InChI=1S/C12H10N2O2/c1-16-12-13-7-6-11(14-12)10-4-2-9(8-15)3-5-10/h2-8H,1H3. The molecule has 0 radical (unpaired) electrons. The number of carbonyl (C=O) groups is 1. The number of ether oxygens (including phenoxy) is 1. The third kappa shape index (κ3) is 2.06. The molecular formula is C12H10N2O2. The molecule has 0 fully saturated rings. The summed E-state index contributed by atoms with van der Waals surface area (Å²) in [6, 6.07) is 9.29. The van der Waals surface area contributed by atoms with E-state index in [9.17, 15) is 4.79 Å². The average molecular weight is 214 g/mol. The van der Waals surface area contributed by atoms with Crippen molar-refractivity contribution in [2.24, 2.45) is 0 Å². The van der Waals surface area contributed by atoms with Crippen molar-refractivity contribution in [2.75, 3.05) is 7.11 Å². The third-order valence-corrected chi connectivity index (χ3v) is 2.16. The molecule has 0 N–H and O–H groups in total. The van der Waals surface area contributed by atoms with Crippen molar-refractivity contribution < 1.29 is 9.53 Å². The number of hydrogen-bond acceptors (Lipinski definition) is 4. The van der Waals surface area contributed by atoms with Gasteiger partial charge in [-0.15, -0.1) is 0 Å². The first-order valence-corrected chi connectivity index (χ1v) is 4.76. The molecule has 0 atom stereocenters. The third-order valence-electron chi connectivity index (χ3n) is 2.16. The van der Waals surface area contributed by atoms with Crippen LogP contribution in [0, 0.1) is 0 Å². The van der Waals surface area contributed by atoms with E-state index in [0.29, 0.717) is 11.6 Å². The van der Waals surface area contributed by atoms with Crippen molar-refractivity contribution in [3.05, 3.63) is 42.1 Å². The van der Waals surface area contributed by atoms with Gasteiger partial charge in [0.1, 0.15) is 6.29 Å². The van der Waals surface area contributed by atoms with E-state index in [2.05, 4.69) is 9.97 Å². The Labute approximate surface area is 92.9 Å². The molecule has 1 heterocycles. The molecule has 0 saturated carbocycles. The molecule has 16 heavy (non-hydrogen) atoms. The predicted molar refractivity (Wildman–Crippen MR) is 59.4 cm³/mol. The van der Waals surface area contributed by atoms with Gasteiger partial charge in [-0.05, 0) is 6.07 Å². The van der Waals surface area contributed by atoms with Crippen LogP contribution in [-0.4, -0.2) is 23.4 Å². The molecule has 0 amide bonds. The molecule has 0 aliphatic rings. The molecule has 1 aromatic carbocycles. The molecule has 4 nitrogen and oxygen atoms in total. The SMILES string of the molecule is COc1nccc(-c2ccc(C=O)cc2)n1. The second kappa shape index (κ2) is 4.53. The molecule has 0 aliphatic carbocycles. The minimum absolute atomic E-state index is 0.331. The number of carbonyl (C=O) groups excluding carboxylic acids is 1. The second-order valence-electron chi connectivity index (χ2n) is 3.17. The van der Waals surface area contributed by atoms with Crippen molar-refractivity contribution in [1.82, 2.24) is 9.97 Å². The molecule has 0 aliphatic heterocycles. The minimum Gasteiger partial charge on any atom is -0.467 e. The lowest BCUT2D eigenvalue weighted by Crippen LogP contribution is -1.93. The Morgan fingerprint density at radius 1 is 1.19 bits per heavy atom. The number of rotatable bonds is 3. The minimum atomic E-state index is 0.331. The Balaban J connectivity index is 2.38. The van der Waals surface area contributed by atoms with Crippen molar-refractivity contribution in [2.45, 2.75) is 0 Å². The maximum absolute atomic E-state index is 10.5. The van der Waals surface area contributed by atoms with E-state index in [1.54, 1.807) is 24.4 Å². The molecule has 1 aromatic heterocycles. The molecule has 4 heteroatoms. The molecular weight excluding hydrogens is 204 g/mol. The van der Waals surface area contributed by atoms with E-state index in [1.807, 2.05) is 12.1 Å². The van der Waals surface area contributed by atoms with E-state index < -0.39 is 0 Å². The molecule has 0 saturated heterocycles. The highest BCUT2D eigenvalue weighted by molar-refractivity contribution is 5.76. The first-order valence-electron chi connectivity index (χ1n) is 4.76. The zero-order chi connectivity index (χ0) is 11.4. The largest absolute Gasteiger partial charge is 0.467 e. The molecule has 2 rings (SSSR count). The van der Waals surface area contributed by atoms with Gasteiger partial charge in [-0.25, -0.2) is 4.98 Å². The van der Waals surface area contributed by atoms with Gasteiger partial charge < -0.3 is 4.74 Å². The lowest BCUT2D eigenvalue weighted by molar-refractivity contribution is 0.112. The highest BCUT2D eigenvalue weighted by Crippen LogP contribution is 2.18. The van der Waals surface area contributed by atoms with Crippen LogP contribution in [0.15, 0.2) is 36.5 Å². The normalized spacial score (nSPS) is 9.81. The summed E-state index contributed by atoms with van der Waals surface area (Å²) in [5.74, 6) is 0. The van der Waals surface area contributed by atoms with E-state index in [4.69, 9.17) is 4.74 Å². The number of aromatic nitrogens is 2. The van der Waals surface area contributed by atoms with E-state index in [0.717, 1.165) is 17.5 Å². The second-order valence-corrected chi connectivity index (χ2v) is 3.17. The molecule has 2 aromatic rings. The summed E-state index contributed by atoms with van der Waals surface area (Å²) in [5.41, 5.74) is 2.33. The van der Waals surface area contributed by atoms with Gasteiger partial charge >= 0.3 is 6.01 Å². The summed E-state index contributed by atoms with van der Waals surface area (Å²) >= 11 is 0. The van der Waals surface area contributed by atoms with E-state index in [1.165, 1.54) is 7.11 Å². The van der Waals surface area contributed by atoms with Crippen LogP contribution in [0.4, 0.5) is 0 Å².